The van der Waals surface area contributed by atoms with Crippen molar-refractivity contribution in [1.82, 2.24) is 20.0 Å². The van der Waals surface area contributed by atoms with E-state index in [-0.39, 0.29) is 29.9 Å². The maximum Gasteiger partial charge on any atom is 0.397 e. The smallest absolute Gasteiger partial charge is 0.397 e. The van der Waals surface area contributed by atoms with Gasteiger partial charge in [-0.05, 0) is 157 Å². The van der Waals surface area contributed by atoms with E-state index in [4.69, 9.17) is 4.74 Å². The zero-order valence-electron chi connectivity index (χ0n) is 34.4. The minimum Gasteiger partial charge on any atom is -0.454 e. The van der Waals surface area contributed by atoms with Crippen LogP contribution >= 0.6 is 23.2 Å². The van der Waals surface area contributed by atoms with Crippen molar-refractivity contribution in [2.24, 2.45) is 11.8 Å². The molecule has 8 aliphatic heterocycles. The molecule has 62 heavy (non-hydrogen) atoms. The van der Waals surface area contributed by atoms with Crippen molar-refractivity contribution in [3.8, 4) is 0 Å². The molecule has 2 N–H and O–H groups in total. The summed E-state index contributed by atoms with van der Waals surface area (Å²) in [4.78, 5) is 51.1. The second-order valence-electron chi connectivity index (χ2n) is 16.6. The molecule has 4 aromatic rings. The largest absolute Gasteiger partial charge is 0.454 e. The predicted octanol–water partition coefficient (Wildman–Crippen LogP) is 6.59. The van der Waals surface area contributed by atoms with Gasteiger partial charge in [-0.2, -0.15) is 0 Å². The molecular weight excluding hydrogens is 837 g/mol. The number of nitrogens with one attached hydrogen (secondary N) is 1. The van der Waals surface area contributed by atoms with Gasteiger partial charge in [0, 0.05) is 26.2 Å². The van der Waals surface area contributed by atoms with E-state index in [1.54, 1.807) is 17.0 Å². The second kappa shape index (κ2) is 21.2. The standard InChI is InChI=1S/C24H25FN2O3.C15H14FN.C7H13NO.C2Cl2O2/c25-19-7-5-18(6-8-19)22-20-4-2-1-3-16(20)11-14-27(22)23(28)24(29)30-21-15-26-12-9-17(21)10-13-26;16-13-7-5-12(6-8-13)15-14-4-2-1-3-11(14)9-10-17-15;9-7-5-8-3-1-6(7)2-4-8;3-1(5)2(4)6/h1-8,17,21-22H,9-15H2;1-8,15,17H,9-10H2;6-7,9H,1-5H2;/t21-,22+;15-;7-;/m101./s1. The first kappa shape index (κ1) is 45.5. The van der Waals surface area contributed by atoms with Crippen molar-refractivity contribution >= 4 is 45.6 Å². The number of piperidine rings is 6. The summed E-state index contributed by atoms with van der Waals surface area (Å²) in [6.45, 7) is 7.58. The lowest BCUT2D eigenvalue weighted by atomic mass is 9.86. The first-order valence-corrected chi connectivity index (χ1v) is 22.1. The number of aliphatic hydroxyl groups is 1. The number of halogens is 4. The van der Waals surface area contributed by atoms with Crippen molar-refractivity contribution in [2.75, 3.05) is 52.4 Å². The molecule has 14 heteroatoms. The number of nitrogens with zero attached hydrogens (tertiary/aromatic N) is 3. The SMILES string of the molecule is Fc1ccc([C@@H]2NCCc3ccccc32)cc1.O=C(Cl)C(=O)Cl.O=C(O[C@@H]1CN2CCC1CC2)C(=O)N1CCc2ccccc2[C@@H]1c1ccc(F)cc1.O[C@@H]1CN2CCC1CC2. The summed E-state index contributed by atoms with van der Waals surface area (Å²) in [5, 5.41) is 10.6. The van der Waals surface area contributed by atoms with Crippen LogP contribution in [0.3, 0.4) is 0 Å². The Morgan fingerprint density at radius 1 is 0.629 bits per heavy atom. The molecule has 0 saturated carbocycles. The van der Waals surface area contributed by atoms with Crippen LogP contribution in [-0.2, 0) is 36.8 Å². The highest BCUT2D eigenvalue weighted by Gasteiger charge is 2.41. The van der Waals surface area contributed by atoms with Crippen LogP contribution in [0.25, 0.3) is 0 Å². The summed E-state index contributed by atoms with van der Waals surface area (Å²) in [6, 6.07) is 29.0. The molecule has 1 amide bonds. The predicted molar refractivity (Wildman–Crippen MR) is 232 cm³/mol. The molecule has 10 nitrogen and oxygen atoms in total. The third kappa shape index (κ3) is 11.3. The lowest BCUT2D eigenvalue weighted by molar-refractivity contribution is -0.171. The Kier molecular flexibility index (Phi) is 15.6. The Hall–Kier alpha value is -4.56. The molecule has 12 rings (SSSR count). The first-order valence-electron chi connectivity index (χ1n) is 21.4. The minimum absolute atomic E-state index is 0.00694. The van der Waals surface area contributed by atoms with Crippen LogP contribution in [0, 0.1) is 23.5 Å². The second-order valence-corrected chi connectivity index (χ2v) is 17.3. The number of benzene rings is 4. The first-order chi connectivity index (χ1) is 29.9. The molecule has 0 unspecified atom stereocenters. The Balaban J connectivity index is 0.000000150. The molecule has 0 aliphatic carbocycles. The number of hydrogen-bond acceptors (Lipinski definition) is 9. The molecule has 0 spiro atoms. The van der Waals surface area contributed by atoms with E-state index >= 15 is 0 Å². The molecule has 328 valence electrons. The quantitative estimate of drug-likeness (QED) is 0.133. The van der Waals surface area contributed by atoms with Gasteiger partial charge in [0.05, 0.1) is 18.2 Å². The molecule has 4 atom stereocenters. The molecule has 8 aliphatic rings. The van der Waals surface area contributed by atoms with Gasteiger partial charge in [0.1, 0.15) is 17.7 Å². The van der Waals surface area contributed by atoms with Crippen LogP contribution < -0.4 is 5.32 Å². The van der Waals surface area contributed by atoms with Crippen molar-refractivity contribution in [3.63, 3.8) is 0 Å². The Morgan fingerprint density at radius 3 is 1.65 bits per heavy atom. The van der Waals surface area contributed by atoms with Gasteiger partial charge in [0.2, 0.25) is 0 Å². The van der Waals surface area contributed by atoms with Gasteiger partial charge in [-0.25, -0.2) is 13.6 Å². The summed E-state index contributed by atoms with van der Waals surface area (Å²) in [5.41, 5.74) is 6.72. The molecule has 6 fully saturated rings. The maximum absolute atomic E-state index is 13.5. The summed E-state index contributed by atoms with van der Waals surface area (Å²) in [5.74, 6) is -0.924. The third-order valence-corrected chi connectivity index (χ3v) is 13.3. The van der Waals surface area contributed by atoms with E-state index < -0.39 is 28.4 Å². The average Bonchev–Trinajstić information content (AvgIpc) is 3.30. The monoisotopic (exact) mass is 888 g/mol. The number of fused-ring (bicyclic) bond motifs is 8. The van der Waals surface area contributed by atoms with Gasteiger partial charge in [-0.1, -0.05) is 72.8 Å². The number of aliphatic hydroxyl groups excluding tert-OH is 1. The van der Waals surface area contributed by atoms with E-state index in [0.717, 1.165) is 67.7 Å². The van der Waals surface area contributed by atoms with Gasteiger partial charge in [0.25, 0.3) is 0 Å². The normalized spacial score (nSPS) is 26.4. The van der Waals surface area contributed by atoms with E-state index in [0.29, 0.717) is 31.3 Å². The molecule has 4 aromatic carbocycles. The fourth-order valence-corrected chi connectivity index (χ4v) is 9.53. The number of carbonyl (C=O) groups excluding carboxylic acids is 4. The van der Waals surface area contributed by atoms with Crippen molar-refractivity contribution in [1.29, 1.82) is 0 Å². The highest BCUT2D eigenvalue weighted by molar-refractivity contribution is 6.97. The van der Waals surface area contributed by atoms with Crippen LogP contribution in [0.2, 0.25) is 0 Å². The Bertz CT molecular complexity index is 2170. The molecule has 8 heterocycles. The van der Waals surface area contributed by atoms with Gasteiger partial charge in [-0.3, -0.25) is 19.3 Å². The van der Waals surface area contributed by atoms with Crippen LogP contribution in [-0.4, -0.2) is 107 Å². The molecule has 4 bridgehead atoms. The van der Waals surface area contributed by atoms with Crippen LogP contribution in [0.5, 0.6) is 0 Å². The van der Waals surface area contributed by atoms with Crippen LogP contribution in [0.1, 0.15) is 71.1 Å². The van der Waals surface area contributed by atoms with Gasteiger partial charge in [-0.15, -0.1) is 0 Å². The highest BCUT2D eigenvalue weighted by atomic mass is 35.5. The number of ether oxygens (including phenoxy) is 1. The molecule has 0 radical (unpaired) electrons. The van der Waals surface area contributed by atoms with Crippen molar-refractivity contribution in [3.05, 3.63) is 142 Å². The third-order valence-electron chi connectivity index (χ3n) is 12.8. The van der Waals surface area contributed by atoms with E-state index in [1.165, 1.54) is 61.3 Å². The van der Waals surface area contributed by atoms with Gasteiger partial charge >= 0.3 is 22.4 Å². The fraction of sp³-hybridized carbons (Fsp3) is 0.417. The van der Waals surface area contributed by atoms with Crippen molar-refractivity contribution < 1.29 is 37.8 Å². The number of hydrogen-bond donors (Lipinski definition) is 2. The Labute approximate surface area is 371 Å². The average molecular weight is 890 g/mol. The zero-order valence-corrected chi connectivity index (χ0v) is 36.0. The summed E-state index contributed by atoms with van der Waals surface area (Å²) < 4.78 is 32.1. The fourth-order valence-electron chi connectivity index (χ4n) is 9.53. The summed E-state index contributed by atoms with van der Waals surface area (Å²) in [6.07, 6.45) is 6.00. The summed E-state index contributed by atoms with van der Waals surface area (Å²) >= 11 is 8.98. The summed E-state index contributed by atoms with van der Waals surface area (Å²) in [7, 11) is 0. The van der Waals surface area contributed by atoms with E-state index in [9.17, 15) is 33.1 Å². The zero-order chi connectivity index (χ0) is 43.8. The number of rotatable bonds is 4. The molecule has 0 aromatic heterocycles. The number of amides is 1. The Morgan fingerprint density at radius 2 is 1.15 bits per heavy atom. The lowest BCUT2D eigenvalue weighted by Gasteiger charge is -2.44. The number of esters is 1. The van der Waals surface area contributed by atoms with E-state index in [1.807, 2.05) is 36.4 Å². The lowest BCUT2D eigenvalue weighted by Crippen LogP contribution is -2.53. The molecular formula is C48H52Cl2F2N4O6. The van der Waals surface area contributed by atoms with Gasteiger partial charge in [0.15, 0.2) is 0 Å². The van der Waals surface area contributed by atoms with E-state index in [2.05, 4.69) is 62.6 Å². The van der Waals surface area contributed by atoms with Crippen LogP contribution in [0.15, 0.2) is 97.1 Å². The number of carbonyl (C=O) groups is 4. The van der Waals surface area contributed by atoms with Gasteiger partial charge < -0.3 is 25.0 Å². The van der Waals surface area contributed by atoms with Crippen molar-refractivity contribution in [2.45, 2.75) is 62.8 Å². The minimum atomic E-state index is -1.14. The molecule has 6 saturated heterocycles. The highest BCUT2D eigenvalue weighted by Crippen LogP contribution is 2.36. The topological polar surface area (TPSA) is 119 Å². The van der Waals surface area contributed by atoms with Crippen LogP contribution in [0.4, 0.5) is 8.78 Å². The maximum atomic E-state index is 13.5.